The highest BCUT2D eigenvalue weighted by Gasteiger charge is 2.16. The van der Waals surface area contributed by atoms with Crippen LogP contribution in [0.1, 0.15) is 17.0 Å². The second kappa shape index (κ2) is 8.59. The summed E-state index contributed by atoms with van der Waals surface area (Å²) in [5.41, 5.74) is 2.93. The number of esters is 1. The fourth-order valence-electron chi connectivity index (χ4n) is 2.65. The predicted molar refractivity (Wildman–Crippen MR) is 105 cm³/mol. The maximum Gasteiger partial charge on any atom is 0.316 e. The van der Waals surface area contributed by atoms with E-state index < -0.39 is 11.8 Å². The van der Waals surface area contributed by atoms with E-state index in [4.69, 9.17) is 16.3 Å². The number of halogens is 2. The molecular formula is C20H18ClFN2O2S. The van der Waals surface area contributed by atoms with E-state index in [-0.39, 0.29) is 22.9 Å². The summed E-state index contributed by atoms with van der Waals surface area (Å²) in [6, 6.07) is 14.1. The standard InChI is InChI=1S/C20H18ClFN2O2S/c1-13-20(14(2)24(23-13)15-7-4-3-5-8-15)27-12-19(25)26-11-16-17(21)9-6-10-18(16)22/h3-10H,11-12H2,1-2H3. The molecule has 3 aromatic rings. The lowest BCUT2D eigenvalue weighted by Crippen LogP contribution is -2.08. The first-order valence-corrected chi connectivity index (χ1v) is 9.66. The Bertz CT molecular complexity index is 940. The molecule has 0 aliphatic heterocycles. The van der Waals surface area contributed by atoms with E-state index in [0.717, 1.165) is 22.0 Å². The van der Waals surface area contributed by atoms with Crippen molar-refractivity contribution in [1.29, 1.82) is 0 Å². The molecule has 1 heterocycles. The van der Waals surface area contributed by atoms with Gasteiger partial charge in [-0.05, 0) is 38.1 Å². The highest BCUT2D eigenvalue weighted by molar-refractivity contribution is 8.00. The minimum Gasteiger partial charge on any atom is -0.460 e. The van der Waals surface area contributed by atoms with E-state index in [0.29, 0.717) is 0 Å². The van der Waals surface area contributed by atoms with Crippen LogP contribution in [0, 0.1) is 19.7 Å². The number of para-hydroxylation sites is 1. The molecule has 0 aliphatic rings. The number of ether oxygens (including phenoxy) is 1. The molecule has 1 aromatic heterocycles. The van der Waals surface area contributed by atoms with Gasteiger partial charge in [-0.15, -0.1) is 11.8 Å². The third-order valence-corrected chi connectivity index (χ3v) is 5.61. The Labute approximate surface area is 166 Å². The summed E-state index contributed by atoms with van der Waals surface area (Å²) < 4.78 is 20.8. The molecule has 0 saturated heterocycles. The third kappa shape index (κ3) is 4.51. The van der Waals surface area contributed by atoms with Gasteiger partial charge in [0.05, 0.1) is 32.7 Å². The summed E-state index contributed by atoms with van der Waals surface area (Å²) >= 11 is 7.30. The Balaban J connectivity index is 1.63. The van der Waals surface area contributed by atoms with Crippen LogP contribution in [-0.2, 0) is 16.1 Å². The van der Waals surface area contributed by atoms with Crippen LogP contribution in [0.15, 0.2) is 53.4 Å². The molecule has 0 unspecified atom stereocenters. The molecule has 0 spiro atoms. The van der Waals surface area contributed by atoms with Crippen molar-refractivity contribution in [3.8, 4) is 5.69 Å². The van der Waals surface area contributed by atoms with Crippen LogP contribution in [0.25, 0.3) is 5.69 Å². The van der Waals surface area contributed by atoms with Crippen molar-refractivity contribution in [2.75, 3.05) is 5.75 Å². The largest absolute Gasteiger partial charge is 0.460 e. The van der Waals surface area contributed by atoms with E-state index in [1.807, 2.05) is 48.9 Å². The average Bonchev–Trinajstić information content (AvgIpc) is 2.94. The van der Waals surface area contributed by atoms with E-state index in [1.165, 1.54) is 23.9 Å². The molecule has 4 nitrogen and oxygen atoms in total. The Hall–Kier alpha value is -2.31. The lowest BCUT2D eigenvalue weighted by Gasteiger charge is -2.08. The monoisotopic (exact) mass is 404 g/mol. The van der Waals surface area contributed by atoms with Crippen molar-refractivity contribution in [1.82, 2.24) is 9.78 Å². The third-order valence-electron chi connectivity index (χ3n) is 4.00. The summed E-state index contributed by atoms with van der Waals surface area (Å²) in [6.07, 6.45) is 0. The lowest BCUT2D eigenvalue weighted by atomic mass is 10.2. The predicted octanol–water partition coefficient (Wildman–Crippen LogP) is 5.12. The molecule has 0 radical (unpaired) electrons. The van der Waals surface area contributed by atoms with E-state index in [1.54, 1.807) is 6.07 Å². The molecule has 140 valence electrons. The van der Waals surface area contributed by atoms with Gasteiger partial charge in [0.1, 0.15) is 12.4 Å². The molecule has 0 bridgehead atoms. The summed E-state index contributed by atoms with van der Waals surface area (Å²) in [5, 5.41) is 4.79. The first-order valence-electron chi connectivity index (χ1n) is 8.30. The van der Waals surface area contributed by atoms with Crippen molar-refractivity contribution in [2.45, 2.75) is 25.3 Å². The van der Waals surface area contributed by atoms with Crippen LogP contribution in [0.4, 0.5) is 4.39 Å². The van der Waals surface area contributed by atoms with Crippen molar-refractivity contribution < 1.29 is 13.9 Å². The minimum atomic E-state index is -0.487. The van der Waals surface area contributed by atoms with Gasteiger partial charge in [-0.3, -0.25) is 4.79 Å². The molecule has 0 saturated carbocycles. The molecule has 0 fully saturated rings. The van der Waals surface area contributed by atoms with Crippen molar-refractivity contribution in [3.63, 3.8) is 0 Å². The second-order valence-corrected chi connectivity index (χ2v) is 7.29. The van der Waals surface area contributed by atoms with Gasteiger partial charge in [-0.2, -0.15) is 5.10 Å². The Kier molecular flexibility index (Phi) is 6.19. The van der Waals surface area contributed by atoms with E-state index >= 15 is 0 Å². The first kappa shape index (κ1) is 19.5. The van der Waals surface area contributed by atoms with Gasteiger partial charge in [0, 0.05) is 5.56 Å². The number of rotatable bonds is 6. The van der Waals surface area contributed by atoms with Crippen molar-refractivity contribution >= 4 is 29.3 Å². The maximum atomic E-state index is 13.7. The lowest BCUT2D eigenvalue weighted by molar-refractivity contribution is -0.141. The number of hydrogen-bond donors (Lipinski definition) is 0. The number of nitrogens with zero attached hydrogens (tertiary/aromatic N) is 2. The molecule has 0 N–H and O–H groups in total. The van der Waals surface area contributed by atoms with Crippen LogP contribution >= 0.6 is 23.4 Å². The number of benzene rings is 2. The summed E-state index contributed by atoms with van der Waals surface area (Å²) in [4.78, 5) is 13.0. The summed E-state index contributed by atoms with van der Waals surface area (Å²) in [7, 11) is 0. The highest BCUT2D eigenvalue weighted by atomic mass is 35.5. The van der Waals surface area contributed by atoms with Crippen LogP contribution in [0.3, 0.4) is 0 Å². The number of aromatic nitrogens is 2. The molecule has 7 heteroatoms. The normalized spacial score (nSPS) is 10.8. The number of thioether (sulfide) groups is 1. The molecule has 2 aromatic carbocycles. The van der Waals surface area contributed by atoms with Crippen molar-refractivity contribution in [2.24, 2.45) is 0 Å². The second-order valence-electron chi connectivity index (χ2n) is 5.90. The van der Waals surface area contributed by atoms with Crippen LogP contribution in [0.5, 0.6) is 0 Å². The number of aryl methyl sites for hydroxylation is 1. The Morgan fingerprint density at radius 2 is 1.93 bits per heavy atom. The van der Waals surface area contributed by atoms with E-state index in [9.17, 15) is 9.18 Å². The molecule has 0 aliphatic carbocycles. The van der Waals surface area contributed by atoms with Crippen molar-refractivity contribution in [3.05, 3.63) is 76.3 Å². The van der Waals surface area contributed by atoms with Gasteiger partial charge in [0.25, 0.3) is 0 Å². The van der Waals surface area contributed by atoms with Gasteiger partial charge in [0.2, 0.25) is 0 Å². The first-order chi connectivity index (χ1) is 13.0. The molecule has 0 amide bonds. The Morgan fingerprint density at radius 3 is 2.63 bits per heavy atom. The number of carbonyl (C=O) groups excluding carboxylic acids is 1. The topological polar surface area (TPSA) is 44.1 Å². The quantitative estimate of drug-likeness (QED) is 0.422. The zero-order valence-corrected chi connectivity index (χ0v) is 16.5. The fourth-order valence-corrected chi connectivity index (χ4v) is 3.76. The van der Waals surface area contributed by atoms with Gasteiger partial charge in [-0.1, -0.05) is 35.9 Å². The molecule has 27 heavy (non-hydrogen) atoms. The SMILES string of the molecule is Cc1nn(-c2ccccc2)c(C)c1SCC(=O)OCc1c(F)cccc1Cl. The van der Waals surface area contributed by atoms with Gasteiger partial charge >= 0.3 is 5.97 Å². The average molecular weight is 405 g/mol. The highest BCUT2D eigenvalue weighted by Crippen LogP contribution is 2.28. The van der Waals surface area contributed by atoms with E-state index in [2.05, 4.69) is 5.10 Å². The van der Waals surface area contributed by atoms with Gasteiger partial charge < -0.3 is 4.74 Å². The van der Waals surface area contributed by atoms with Crippen LogP contribution < -0.4 is 0 Å². The summed E-state index contributed by atoms with van der Waals surface area (Å²) in [6.45, 7) is 3.67. The smallest absolute Gasteiger partial charge is 0.316 e. The minimum absolute atomic E-state index is 0.105. The molecule has 0 atom stereocenters. The molecule has 3 rings (SSSR count). The zero-order valence-electron chi connectivity index (χ0n) is 14.9. The summed E-state index contributed by atoms with van der Waals surface area (Å²) in [5.74, 6) is -0.821. The van der Waals surface area contributed by atoms with Gasteiger partial charge in [0.15, 0.2) is 0 Å². The molecular weight excluding hydrogens is 387 g/mol. The van der Waals surface area contributed by atoms with Crippen LogP contribution in [-0.4, -0.2) is 21.5 Å². The number of carbonyl (C=O) groups is 1. The van der Waals surface area contributed by atoms with Crippen LogP contribution in [0.2, 0.25) is 5.02 Å². The number of hydrogen-bond acceptors (Lipinski definition) is 4. The Morgan fingerprint density at radius 1 is 1.19 bits per heavy atom. The fraction of sp³-hybridized carbons (Fsp3) is 0.200. The van der Waals surface area contributed by atoms with Gasteiger partial charge in [-0.25, -0.2) is 9.07 Å². The maximum absolute atomic E-state index is 13.7. The zero-order chi connectivity index (χ0) is 19.4.